The van der Waals surface area contributed by atoms with Gasteiger partial charge in [-0.3, -0.25) is 14.8 Å². The normalized spacial score (nSPS) is 12.6. The van der Waals surface area contributed by atoms with E-state index in [1.807, 2.05) is 44.4 Å². The first-order chi connectivity index (χ1) is 11.0. The Labute approximate surface area is 133 Å². The molecule has 0 saturated heterocycles. The first kappa shape index (κ1) is 15.3. The van der Waals surface area contributed by atoms with Crippen molar-refractivity contribution in [1.82, 2.24) is 15.1 Å². The third kappa shape index (κ3) is 3.43. The third-order valence-corrected chi connectivity index (χ3v) is 3.78. The number of rotatable bonds is 6. The van der Waals surface area contributed by atoms with Crippen molar-refractivity contribution in [2.45, 2.75) is 25.9 Å². The standard InChI is InChI=1S/C17H19N3O3/c1-11-6-13-4-3-5-14(16(13)23-11)9-18-15(17(21)22)7-12-8-19-20(2)10-12/h3-6,8,10,15,18H,7,9H2,1-2H3,(H,21,22). The average Bonchev–Trinajstić information content (AvgIpc) is 3.08. The Hall–Kier alpha value is -2.60. The van der Waals surface area contributed by atoms with Gasteiger partial charge in [-0.05, 0) is 18.6 Å². The van der Waals surface area contributed by atoms with Gasteiger partial charge in [-0.15, -0.1) is 0 Å². The van der Waals surface area contributed by atoms with E-state index >= 15 is 0 Å². The average molecular weight is 313 g/mol. The second-order valence-electron chi connectivity index (χ2n) is 5.69. The van der Waals surface area contributed by atoms with Crippen LogP contribution in [0.2, 0.25) is 0 Å². The van der Waals surface area contributed by atoms with Crippen LogP contribution < -0.4 is 5.32 Å². The van der Waals surface area contributed by atoms with Crippen LogP contribution in [0.3, 0.4) is 0 Å². The van der Waals surface area contributed by atoms with Gasteiger partial charge in [0, 0.05) is 37.2 Å². The van der Waals surface area contributed by atoms with Crippen LogP contribution in [0.1, 0.15) is 16.9 Å². The Morgan fingerprint density at radius 3 is 3.00 bits per heavy atom. The molecule has 0 bridgehead atoms. The lowest BCUT2D eigenvalue weighted by atomic mass is 10.1. The van der Waals surface area contributed by atoms with E-state index in [-0.39, 0.29) is 0 Å². The quantitative estimate of drug-likeness (QED) is 0.729. The predicted molar refractivity (Wildman–Crippen MR) is 86.1 cm³/mol. The second-order valence-corrected chi connectivity index (χ2v) is 5.69. The molecule has 1 unspecified atom stereocenters. The molecular weight excluding hydrogens is 294 g/mol. The number of nitrogens with zero attached hydrogens (tertiary/aromatic N) is 2. The number of aliphatic carboxylic acids is 1. The molecule has 0 fully saturated rings. The zero-order valence-corrected chi connectivity index (χ0v) is 13.1. The van der Waals surface area contributed by atoms with Gasteiger partial charge < -0.3 is 9.52 Å². The van der Waals surface area contributed by atoms with Crippen LogP contribution in [0, 0.1) is 6.92 Å². The highest BCUT2D eigenvalue weighted by molar-refractivity contribution is 5.81. The first-order valence-corrected chi connectivity index (χ1v) is 7.44. The SMILES string of the molecule is Cc1cc2cccc(CNC(Cc3cnn(C)c3)C(=O)O)c2o1. The summed E-state index contributed by atoms with van der Waals surface area (Å²) in [5.41, 5.74) is 2.65. The predicted octanol–water partition coefficient (Wildman–Crippen LogP) is 2.26. The topological polar surface area (TPSA) is 80.3 Å². The van der Waals surface area contributed by atoms with E-state index in [0.717, 1.165) is 27.9 Å². The molecule has 1 atom stereocenters. The summed E-state index contributed by atoms with van der Waals surface area (Å²) in [4.78, 5) is 11.5. The fraction of sp³-hybridized carbons (Fsp3) is 0.294. The molecule has 1 aromatic carbocycles. The number of carboxylic acid groups (broad SMARTS) is 1. The molecule has 0 radical (unpaired) electrons. The molecule has 120 valence electrons. The van der Waals surface area contributed by atoms with E-state index in [1.54, 1.807) is 10.9 Å². The number of nitrogens with one attached hydrogen (secondary N) is 1. The third-order valence-electron chi connectivity index (χ3n) is 3.78. The summed E-state index contributed by atoms with van der Waals surface area (Å²) < 4.78 is 7.38. The Balaban J connectivity index is 1.74. The van der Waals surface area contributed by atoms with Crippen molar-refractivity contribution in [1.29, 1.82) is 0 Å². The Bertz CT molecular complexity index is 835. The number of carbonyl (C=O) groups is 1. The van der Waals surface area contributed by atoms with Crippen LogP contribution in [-0.2, 0) is 24.8 Å². The molecule has 3 rings (SSSR count). The molecule has 0 aliphatic heterocycles. The van der Waals surface area contributed by atoms with Gasteiger partial charge in [-0.25, -0.2) is 0 Å². The summed E-state index contributed by atoms with van der Waals surface area (Å²) in [5.74, 6) is -0.0331. The number of aryl methyl sites for hydroxylation is 2. The number of furan rings is 1. The van der Waals surface area contributed by atoms with Crippen molar-refractivity contribution in [2.24, 2.45) is 7.05 Å². The maximum absolute atomic E-state index is 11.5. The fourth-order valence-electron chi connectivity index (χ4n) is 2.68. The van der Waals surface area contributed by atoms with Crippen LogP contribution in [0.4, 0.5) is 0 Å². The minimum absolute atomic E-state index is 0.385. The molecule has 23 heavy (non-hydrogen) atoms. The van der Waals surface area contributed by atoms with Crippen molar-refractivity contribution in [3.8, 4) is 0 Å². The number of benzene rings is 1. The molecule has 2 heterocycles. The van der Waals surface area contributed by atoms with Gasteiger partial charge in [0.05, 0.1) is 6.20 Å². The van der Waals surface area contributed by atoms with Crippen molar-refractivity contribution < 1.29 is 14.3 Å². The van der Waals surface area contributed by atoms with Crippen LogP contribution in [0.25, 0.3) is 11.0 Å². The van der Waals surface area contributed by atoms with Gasteiger partial charge in [0.1, 0.15) is 17.4 Å². The Morgan fingerprint density at radius 2 is 2.30 bits per heavy atom. The molecule has 0 spiro atoms. The molecule has 3 aromatic rings. The molecule has 0 aliphatic carbocycles. The Kier molecular flexibility index (Phi) is 4.16. The molecule has 2 N–H and O–H groups in total. The molecule has 6 heteroatoms. The van der Waals surface area contributed by atoms with Gasteiger partial charge in [-0.2, -0.15) is 5.10 Å². The lowest BCUT2D eigenvalue weighted by Gasteiger charge is -2.13. The molecular formula is C17H19N3O3. The smallest absolute Gasteiger partial charge is 0.321 e. The minimum atomic E-state index is -0.878. The summed E-state index contributed by atoms with van der Waals surface area (Å²) in [7, 11) is 1.81. The number of fused-ring (bicyclic) bond motifs is 1. The van der Waals surface area contributed by atoms with Crippen molar-refractivity contribution in [3.05, 3.63) is 53.5 Å². The highest BCUT2D eigenvalue weighted by atomic mass is 16.4. The molecule has 0 saturated carbocycles. The summed E-state index contributed by atoms with van der Waals surface area (Å²) in [6.45, 7) is 2.33. The van der Waals surface area contributed by atoms with Crippen molar-refractivity contribution in [3.63, 3.8) is 0 Å². The lowest BCUT2D eigenvalue weighted by molar-refractivity contribution is -0.139. The lowest BCUT2D eigenvalue weighted by Crippen LogP contribution is -2.38. The van der Waals surface area contributed by atoms with Crippen LogP contribution in [0.5, 0.6) is 0 Å². The second kappa shape index (κ2) is 6.26. The van der Waals surface area contributed by atoms with Gasteiger partial charge in [0.2, 0.25) is 0 Å². The number of para-hydroxylation sites is 1. The van der Waals surface area contributed by atoms with E-state index in [4.69, 9.17) is 4.42 Å². The number of hydrogen-bond donors (Lipinski definition) is 2. The fourth-order valence-corrected chi connectivity index (χ4v) is 2.68. The summed E-state index contributed by atoms with van der Waals surface area (Å²) in [5, 5.41) is 17.6. The highest BCUT2D eigenvalue weighted by Crippen LogP contribution is 2.22. The van der Waals surface area contributed by atoms with Gasteiger partial charge >= 0.3 is 5.97 Å². The van der Waals surface area contributed by atoms with E-state index in [1.165, 1.54) is 0 Å². The number of hydrogen-bond acceptors (Lipinski definition) is 4. The minimum Gasteiger partial charge on any atom is -0.480 e. The van der Waals surface area contributed by atoms with Crippen LogP contribution in [0.15, 0.2) is 41.1 Å². The molecule has 0 aliphatic rings. The largest absolute Gasteiger partial charge is 0.480 e. The molecule has 2 aromatic heterocycles. The van der Waals surface area contributed by atoms with E-state index in [0.29, 0.717) is 13.0 Å². The van der Waals surface area contributed by atoms with E-state index < -0.39 is 12.0 Å². The van der Waals surface area contributed by atoms with Gasteiger partial charge in [-0.1, -0.05) is 18.2 Å². The van der Waals surface area contributed by atoms with E-state index in [9.17, 15) is 9.90 Å². The number of aromatic nitrogens is 2. The van der Waals surface area contributed by atoms with Crippen molar-refractivity contribution >= 4 is 16.9 Å². The van der Waals surface area contributed by atoms with E-state index in [2.05, 4.69) is 10.4 Å². The van der Waals surface area contributed by atoms with Crippen LogP contribution >= 0.6 is 0 Å². The maximum Gasteiger partial charge on any atom is 0.321 e. The molecule has 6 nitrogen and oxygen atoms in total. The summed E-state index contributed by atoms with van der Waals surface area (Å²) in [6.07, 6.45) is 3.90. The molecule has 0 amide bonds. The van der Waals surface area contributed by atoms with Crippen molar-refractivity contribution in [2.75, 3.05) is 0 Å². The zero-order valence-electron chi connectivity index (χ0n) is 13.1. The Morgan fingerprint density at radius 1 is 1.48 bits per heavy atom. The van der Waals surface area contributed by atoms with Gasteiger partial charge in [0.15, 0.2) is 0 Å². The highest BCUT2D eigenvalue weighted by Gasteiger charge is 2.19. The number of carboxylic acids is 1. The monoisotopic (exact) mass is 313 g/mol. The van der Waals surface area contributed by atoms with Crippen LogP contribution in [-0.4, -0.2) is 26.9 Å². The summed E-state index contributed by atoms with van der Waals surface area (Å²) >= 11 is 0. The zero-order chi connectivity index (χ0) is 16.4. The van der Waals surface area contributed by atoms with Gasteiger partial charge in [0.25, 0.3) is 0 Å². The summed E-state index contributed by atoms with van der Waals surface area (Å²) in [6, 6.07) is 7.18. The maximum atomic E-state index is 11.5. The first-order valence-electron chi connectivity index (χ1n) is 7.44.